The van der Waals surface area contributed by atoms with Gasteiger partial charge < -0.3 is 11.1 Å². The molecule has 0 saturated heterocycles. The van der Waals surface area contributed by atoms with E-state index in [1.165, 1.54) is 12.1 Å². The van der Waals surface area contributed by atoms with Crippen molar-refractivity contribution in [2.45, 2.75) is 12.8 Å². The number of hydrogen-bond donors (Lipinski definition) is 2. The van der Waals surface area contributed by atoms with E-state index < -0.39 is 11.7 Å². The van der Waals surface area contributed by atoms with Gasteiger partial charge in [-0.1, -0.05) is 17.7 Å². The topological polar surface area (TPSA) is 55.1 Å². The van der Waals surface area contributed by atoms with E-state index in [1.54, 1.807) is 6.07 Å². The van der Waals surface area contributed by atoms with E-state index in [0.29, 0.717) is 13.1 Å². The van der Waals surface area contributed by atoms with Gasteiger partial charge in [-0.05, 0) is 31.5 Å². The largest absolute Gasteiger partial charge is 0.352 e. The lowest BCUT2D eigenvalue weighted by Crippen LogP contribution is -2.25. The van der Waals surface area contributed by atoms with Gasteiger partial charge in [0.1, 0.15) is 0 Å². The molecule has 1 amide bonds. The lowest BCUT2D eigenvalue weighted by atomic mass is 10.2. The lowest BCUT2D eigenvalue weighted by Gasteiger charge is -2.06. The van der Waals surface area contributed by atoms with Gasteiger partial charge in [0, 0.05) is 6.54 Å². The summed E-state index contributed by atoms with van der Waals surface area (Å²) in [6, 6.07) is 4.35. The van der Waals surface area contributed by atoms with Crippen molar-refractivity contribution in [2.24, 2.45) is 5.73 Å². The molecule has 0 aliphatic carbocycles. The van der Waals surface area contributed by atoms with Crippen LogP contribution in [-0.2, 0) is 0 Å². The summed E-state index contributed by atoms with van der Waals surface area (Å²) >= 11 is 5.57. The van der Waals surface area contributed by atoms with Crippen LogP contribution in [0, 0.1) is 5.82 Å². The average Bonchev–Trinajstić information content (AvgIpc) is 2.28. The van der Waals surface area contributed by atoms with Crippen molar-refractivity contribution in [2.75, 3.05) is 13.1 Å². The monoisotopic (exact) mass is 244 g/mol. The highest BCUT2D eigenvalue weighted by Crippen LogP contribution is 2.17. The summed E-state index contributed by atoms with van der Waals surface area (Å²) in [4.78, 5) is 11.5. The van der Waals surface area contributed by atoms with E-state index in [1.807, 2.05) is 0 Å². The molecule has 0 unspecified atom stereocenters. The molecule has 3 nitrogen and oxygen atoms in total. The maximum Gasteiger partial charge on any atom is 0.254 e. The van der Waals surface area contributed by atoms with Gasteiger partial charge in [0.25, 0.3) is 5.91 Å². The number of halogens is 2. The molecule has 1 aromatic carbocycles. The van der Waals surface area contributed by atoms with E-state index in [-0.39, 0.29) is 10.6 Å². The molecule has 0 aliphatic rings. The van der Waals surface area contributed by atoms with Crippen LogP contribution in [0.1, 0.15) is 23.2 Å². The van der Waals surface area contributed by atoms with Crippen molar-refractivity contribution in [1.82, 2.24) is 5.32 Å². The number of unbranched alkanes of at least 4 members (excludes halogenated alkanes) is 1. The highest BCUT2D eigenvalue weighted by molar-refractivity contribution is 6.31. The first-order chi connectivity index (χ1) is 7.66. The first-order valence-corrected chi connectivity index (χ1v) is 5.47. The van der Waals surface area contributed by atoms with Crippen LogP contribution in [0.5, 0.6) is 0 Å². The van der Waals surface area contributed by atoms with Crippen molar-refractivity contribution in [1.29, 1.82) is 0 Å². The Bertz CT molecular complexity index is 371. The van der Waals surface area contributed by atoms with Crippen molar-refractivity contribution >= 4 is 17.5 Å². The first-order valence-electron chi connectivity index (χ1n) is 5.09. The third kappa shape index (κ3) is 3.47. The molecule has 0 aromatic heterocycles. The number of hydrogen-bond acceptors (Lipinski definition) is 2. The number of nitrogens with two attached hydrogens (primary N) is 1. The fraction of sp³-hybridized carbons (Fsp3) is 0.364. The predicted octanol–water partition coefficient (Wildman–Crippen LogP) is 1.95. The summed E-state index contributed by atoms with van der Waals surface area (Å²) in [5.41, 5.74) is 5.28. The zero-order chi connectivity index (χ0) is 12.0. The molecule has 0 fully saturated rings. The third-order valence-electron chi connectivity index (χ3n) is 2.11. The lowest BCUT2D eigenvalue weighted by molar-refractivity contribution is 0.0949. The molecule has 0 bridgehead atoms. The van der Waals surface area contributed by atoms with E-state index >= 15 is 0 Å². The quantitative estimate of drug-likeness (QED) is 0.778. The minimum atomic E-state index is -0.680. The van der Waals surface area contributed by atoms with Gasteiger partial charge in [0.2, 0.25) is 0 Å². The van der Waals surface area contributed by atoms with Gasteiger partial charge in [-0.15, -0.1) is 0 Å². The van der Waals surface area contributed by atoms with Crippen molar-refractivity contribution < 1.29 is 9.18 Å². The van der Waals surface area contributed by atoms with Crippen molar-refractivity contribution in [3.8, 4) is 0 Å². The number of nitrogens with one attached hydrogen (secondary N) is 1. The molecule has 0 spiro atoms. The number of rotatable bonds is 5. The van der Waals surface area contributed by atoms with Crippen LogP contribution in [-0.4, -0.2) is 19.0 Å². The standard InChI is InChI=1S/C11H14ClFN2O/c12-9-5-3-4-8(10(9)13)11(16)15-7-2-1-6-14/h3-5H,1-2,6-7,14H2,(H,15,16). The minimum absolute atomic E-state index is 0.0275. The fourth-order valence-electron chi connectivity index (χ4n) is 1.25. The van der Waals surface area contributed by atoms with Crippen molar-refractivity contribution in [3.05, 3.63) is 34.6 Å². The van der Waals surface area contributed by atoms with Gasteiger partial charge in [0.15, 0.2) is 5.82 Å². The second kappa shape index (κ2) is 6.45. The van der Waals surface area contributed by atoms with Gasteiger partial charge in [-0.2, -0.15) is 0 Å². The molecular weight excluding hydrogens is 231 g/mol. The molecule has 5 heteroatoms. The summed E-state index contributed by atoms with van der Waals surface area (Å²) < 4.78 is 13.4. The van der Waals surface area contributed by atoms with Gasteiger partial charge in [-0.3, -0.25) is 4.79 Å². The Balaban J connectivity index is 2.56. The van der Waals surface area contributed by atoms with Crippen LogP contribution in [0.3, 0.4) is 0 Å². The highest BCUT2D eigenvalue weighted by atomic mass is 35.5. The van der Waals surface area contributed by atoms with Crippen LogP contribution in [0.4, 0.5) is 4.39 Å². The normalized spacial score (nSPS) is 10.2. The first kappa shape index (κ1) is 12.9. The molecule has 3 N–H and O–H groups in total. The average molecular weight is 245 g/mol. The molecule has 0 radical (unpaired) electrons. The SMILES string of the molecule is NCCCCNC(=O)c1cccc(Cl)c1F. The molecule has 1 aromatic rings. The summed E-state index contributed by atoms with van der Waals surface area (Å²) in [5.74, 6) is -1.13. The highest BCUT2D eigenvalue weighted by Gasteiger charge is 2.12. The molecule has 88 valence electrons. The van der Waals surface area contributed by atoms with Crippen LogP contribution < -0.4 is 11.1 Å². The van der Waals surface area contributed by atoms with Gasteiger partial charge in [-0.25, -0.2) is 4.39 Å². The second-order valence-electron chi connectivity index (χ2n) is 3.35. The molecule has 0 atom stereocenters. The molecule has 1 rings (SSSR count). The van der Waals surface area contributed by atoms with Crippen LogP contribution in [0.15, 0.2) is 18.2 Å². The summed E-state index contributed by atoms with van der Waals surface area (Å²) in [7, 11) is 0. The second-order valence-corrected chi connectivity index (χ2v) is 3.76. The van der Waals surface area contributed by atoms with E-state index in [2.05, 4.69) is 5.32 Å². The number of amides is 1. The number of benzene rings is 1. The third-order valence-corrected chi connectivity index (χ3v) is 2.40. The van der Waals surface area contributed by atoms with E-state index in [0.717, 1.165) is 12.8 Å². The van der Waals surface area contributed by atoms with E-state index in [4.69, 9.17) is 17.3 Å². The molecule has 0 heterocycles. The zero-order valence-corrected chi connectivity index (χ0v) is 9.56. The maximum absolute atomic E-state index is 13.4. The molecule has 16 heavy (non-hydrogen) atoms. The Morgan fingerprint density at radius 1 is 1.44 bits per heavy atom. The van der Waals surface area contributed by atoms with Crippen LogP contribution in [0.25, 0.3) is 0 Å². The summed E-state index contributed by atoms with van der Waals surface area (Å²) in [5, 5.41) is 2.56. The number of carbonyl (C=O) groups is 1. The molecule has 0 saturated carbocycles. The van der Waals surface area contributed by atoms with Gasteiger partial charge >= 0.3 is 0 Å². The zero-order valence-electron chi connectivity index (χ0n) is 8.80. The molecular formula is C11H14ClFN2O. The fourth-order valence-corrected chi connectivity index (χ4v) is 1.42. The Kier molecular flexibility index (Phi) is 5.22. The Morgan fingerprint density at radius 3 is 2.88 bits per heavy atom. The predicted molar refractivity (Wildman–Crippen MR) is 62.0 cm³/mol. The van der Waals surface area contributed by atoms with Crippen molar-refractivity contribution in [3.63, 3.8) is 0 Å². The van der Waals surface area contributed by atoms with Crippen LogP contribution >= 0.6 is 11.6 Å². The van der Waals surface area contributed by atoms with Gasteiger partial charge in [0.05, 0.1) is 10.6 Å². The maximum atomic E-state index is 13.4. The smallest absolute Gasteiger partial charge is 0.254 e. The summed E-state index contributed by atoms with van der Waals surface area (Å²) in [6.07, 6.45) is 1.61. The Hall–Kier alpha value is -1.13. The Morgan fingerprint density at radius 2 is 2.19 bits per heavy atom. The van der Waals surface area contributed by atoms with Crippen LogP contribution in [0.2, 0.25) is 5.02 Å². The minimum Gasteiger partial charge on any atom is -0.352 e. The Labute approximate surface area is 98.8 Å². The summed E-state index contributed by atoms with van der Waals surface area (Å²) in [6.45, 7) is 1.07. The number of carbonyl (C=O) groups excluding carboxylic acids is 1. The van der Waals surface area contributed by atoms with E-state index in [9.17, 15) is 9.18 Å². The molecule has 0 aliphatic heterocycles.